The number of nitrogens with zero attached hydrogens (tertiary/aromatic N) is 4. The normalized spacial score (nSPS) is 10.9. The Morgan fingerprint density at radius 2 is 1.14 bits per heavy atom. The van der Waals surface area contributed by atoms with Crippen molar-refractivity contribution in [1.29, 1.82) is 21.0 Å². The molecule has 1 unspecified atom stereocenters. The zero-order chi connectivity index (χ0) is 26.8. The number of unbranched alkanes of at least 4 members (excludes halogenated alkanes) is 1. The molecule has 0 saturated heterocycles. The van der Waals surface area contributed by atoms with Gasteiger partial charge in [-0.25, -0.2) is 0 Å². The lowest BCUT2D eigenvalue weighted by Gasteiger charge is -2.20. The van der Waals surface area contributed by atoms with E-state index in [1.807, 2.05) is 12.1 Å². The second-order valence-corrected chi connectivity index (χ2v) is 8.82. The van der Waals surface area contributed by atoms with Gasteiger partial charge in [-0.1, -0.05) is 33.1 Å². The van der Waals surface area contributed by atoms with Crippen LogP contribution in [-0.2, 0) is 0 Å². The van der Waals surface area contributed by atoms with Crippen molar-refractivity contribution in [1.82, 2.24) is 0 Å². The molecule has 3 rings (SSSR count). The molecule has 184 valence electrons. The van der Waals surface area contributed by atoms with Crippen LogP contribution < -0.4 is 9.47 Å². The summed E-state index contributed by atoms with van der Waals surface area (Å²) in [4.78, 5) is 0. The van der Waals surface area contributed by atoms with Crippen molar-refractivity contribution in [2.24, 2.45) is 5.92 Å². The molecule has 0 aliphatic heterocycles. The lowest BCUT2D eigenvalue weighted by Crippen LogP contribution is -2.12. The van der Waals surface area contributed by atoms with Gasteiger partial charge in [-0.05, 0) is 72.0 Å². The third-order valence-corrected chi connectivity index (χ3v) is 6.32. The highest BCUT2D eigenvalue weighted by atomic mass is 16.5. The summed E-state index contributed by atoms with van der Waals surface area (Å²) in [5.41, 5.74) is 4.17. The number of hydrogen-bond acceptors (Lipinski definition) is 6. The van der Waals surface area contributed by atoms with Gasteiger partial charge in [0.15, 0.2) is 0 Å². The molecule has 37 heavy (non-hydrogen) atoms. The van der Waals surface area contributed by atoms with Gasteiger partial charge < -0.3 is 9.47 Å². The van der Waals surface area contributed by atoms with E-state index < -0.39 is 0 Å². The Bertz CT molecular complexity index is 1380. The molecule has 0 amide bonds. The third kappa shape index (κ3) is 6.46. The first-order valence-electron chi connectivity index (χ1n) is 12.3. The van der Waals surface area contributed by atoms with E-state index in [2.05, 4.69) is 38.1 Å². The SMILES string of the molecule is CCCCC(CC)COc1cc(-c2cc(C#N)cc(C#N)c2)c(OC)cc1-c1cc(C#N)cc(C#N)c1. The van der Waals surface area contributed by atoms with E-state index in [1.165, 1.54) is 6.07 Å². The number of methoxy groups -OCH3 is 1. The molecule has 0 aliphatic rings. The van der Waals surface area contributed by atoms with Crippen LogP contribution >= 0.6 is 0 Å². The Morgan fingerprint density at radius 3 is 1.54 bits per heavy atom. The number of benzene rings is 3. The third-order valence-electron chi connectivity index (χ3n) is 6.32. The second kappa shape index (κ2) is 12.8. The van der Waals surface area contributed by atoms with Crippen LogP contribution in [0.15, 0.2) is 48.5 Å². The standard InChI is InChI=1S/C31H28N4O2/c1-4-6-7-21(5-2)20-37-31-15-28(26-10-22(16-32)8-23(11-26)17-33)30(36-3)14-29(31)27-12-24(18-34)9-25(13-27)19-35/h8-15,21H,4-7,20H2,1-3H3. The highest BCUT2D eigenvalue weighted by molar-refractivity contribution is 5.83. The molecule has 1 atom stereocenters. The highest BCUT2D eigenvalue weighted by Gasteiger charge is 2.18. The van der Waals surface area contributed by atoms with Crippen molar-refractivity contribution in [3.8, 4) is 58.0 Å². The Morgan fingerprint density at radius 1 is 0.676 bits per heavy atom. The molecule has 0 radical (unpaired) electrons. The number of hydrogen-bond donors (Lipinski definition) is 0. The van der Waals surface area contributed by atoms with Gasteiger partial charge in [0, 0.05) is 11.1 Å². The van der Waals surface area contributed by atoms with Gasteiger partial charge in [-0.15, -0.1) is 0 Å². The van der Waals surface area contributed by atoms with Crippen LogP contribution in [0.25, 0.3) is 22.3 Å². The van der Waals surface area contributed by atoms with Crippen LogP contribution in [0.3, 0.4) is 0 Å². The maximum Gasteiger partial charge on any atom is 0.128 e. The molecule has 0 spiro atoms. The molecule has 0 fully saturated rings. The number of rotatable bonds is 10. The van der Waals surface area contributed by atoms with E-state index in [-0.39, 0.29) is 0 Å². The van der Waals surface area contributed by atoms with Gasteiger partial charge in [-0.2, -0.15) is 21.0 Å². The molecule has 3 aromatic carbocycles. The maximum atomic E-state index is 9.51. The highest BCUT2D eigenvalue weighted by Crippen LogP contribution is 2.42. The Balaban J connectivity index is 2.23. The topological polar surface area (TPSA) is 114 Å². The summed E-state index contributed by atoms with van der Waals surface area (Å²) in [7, 11) is 1.55. The zero-order valence-corrected chi connectivity index (χ0v) is 21.3. The van der Waals surface area contributed by atoms with Gasteiger partial charge in [0.25, 0.3) is 0 Å². The second-order valence-electron chi connectivity index (χ2n) is 8.82. The predicted molar refractivity (Wildman–Crippen MR) is 142 cm³/mol. The van der Waals surface area contributed by atoms with Gasteiger partial charge in [0.05, 0.1) is 60.2 Å². The van der Waals surface area contributed by atoms with Gasteiger partial charge in [0.1, 0.15) is 11.5 Å². The van der Waals surface area contributed by atoms with Crippen molar-refractivity contribution in [3.63, 3.8) is 0 Å². The smallest absolute Gasteiger partial charge is 0.128 e. The lowest BCUT2D eigenvalue weighted by atomic mass is 9.94. The molecule has 0 N–H and O–H groups in total. The minimum atomic E-state index is 0.369. The fourth-order valence-electron chi connectivity index (χ4n) is 4.23. The van der Waals surface area contributed by atoms with Crippen molar-refractivity contribution in [3.05, 3.63) is 70.8 Å². The van der Waals surface area contributed by atoms with Crippen LogP contribution in [0.2, 0.25) is 0 Å². The lowest BCUT2D eigenvalue weighted by molar-refractivity contribution is 0.234. The fourth-order valence-corrected chi connectivity index (χ4v) is 4.23. The van der Waals surface area contributed by atoms with E-state index >= 15 is 0 Å². The summed E-state index contributed by atoms with van der Waals surface area (Å²) < 4.78 is 12.1. The molecule has 6 heteroatoms. The summed E-state index contributed by atoms with van der Waals surface area (Å²) in [6.07, 6.45) is 4.28. The van der Waals surface area contributed by atoms with Crippen LogP contribution in [0.1, 0.15) is 61.8 Å². The van der Waals surface area contributed by atoms with Crippen LogP contribution in [-0.4, -0.2) is 13.7 Å². The van der Waals surface area contributed by atoms with Crippen molar-refractivity contribution < 1.29 is 9.47 Å². The summed E-state index contributed by atoms with van der Waals surface area (Å²) in [5, 5.41) is 38.0. The predicted octanol–water partition coefficient (Wildman–Crippen LogP) is 7.11. The van der Waals surface area contributed by atoms with Crippen molar-refractivity contribution in [2.45, 2.75) is 39.5 Å². The molecular weight excluding hydrogens is 460 g/mol. The summed E-state index contributed by atoms with van der Waals surface area (Å²) in [5.74, 6) is 1.47. The summed E-state index contributed by atoms with van der Waals surface area (Å²) in [6, 6.07) is 22.1. The van der Waals surface area contributed by atoms with Gasteiger partial charge in [0.2, 0.25) is 0 Å². The minimum Gasteiger partial charge on any atom is -0.496 e. The van der Waals surface area contributed by atoms with Crippen molar-refractivity contribution in [2.75, 3.05) is 13.7 Å². The van der Waals surface area contributed by atoms with Crippen LogP contribution in [0.4, 0.5) is 0 Å². The summed E-state index contributed by atoms with van der Waals surface area (Å²) >= 11 is 0. The van der Waals surface area contributed by atoms with E-state index in [1.54, 1.807) is 37.4 Å². The maximum absolute atomic E-state index is 9.51. The average molecular weight is 489 g/mol. The van der Waals surface area contributed by atoms with Crippen LogP contribution in [0, 0.1) is 51.2 Å². The number of nitriles is 4. The first-order valence-corrected chi connectivity index (χ1v) is 12.3. The molecule has 0 saturated carbocycles. The van der Waals surface area contributed by atoms with Crippen molar-refractivity contribution >= 4 is 0 Å². The fraction of sp³-hybridized carbons (Fsp3) is 0.290. The van der Waals surface area contributed by atoms with Gasteiger partial charge >= 0.3 is 0 Å². The first kappa shape index (κ1) is 26.8. The van der Waals surface area contributed by atoms with Crippen LogP contribution in [0.5, 0.6) is 11.5 Å². The molecule has 6 nitrogen and oxygen atoms in total. The first-order chi connectivity index (χ1) is 18.0. The molecule has 0 aliphatic carbocycles. The van der Waals surface area contributed by atoms with E-state index in [0.29, 0.717) is 68.5 Å². The molecule has 0 aromatic heterocycles. The Kier molecular flexibility index (Phi) is 9.27. The zero-order valence-electron chi connectivity index (χ0n) is 21.3. The largest absolute Gasteiger partial charge is 0.496 e. The Hall–Kier alpha value is -4.78. The average Bonchev–Trinajstić information content (AvgIpc) is 2.96. The number of ether oxygens (including phenoxy) is 2. The summed E-state index contributed by atoms with van der Waals surface area (Å²) in [6.45, 7) is 4.83. The quantitative estimate of drug-likeness (QED) is 0.300. The molecule has 0 bridgehead atoms. The van der Waals surface area contributed by atoms with E-state index in [0.717, 1.165) is 25.7 Å². The Labute approximate surface area is 218 Å². The molecule has 0 heterocycles. The minimum absolute atomic E-state index is 0.369. The van der Waals surface area contributed by atoms with E-state index in [4.69, 9.17) is 9.47 Å². The molecular formula is C31H28N4O2. The monoisotopic (exact) mass is 488 g/mol. The molecule has 3 aromatic rings. The van der Waals surface area contributed by atoms with E-state index in [9.17, 15) is 21.0 Å². The van der Waals surface area contributed by atoms with Gasteiger partial charge in [-0.3, -0.25) is 0 Å².